The van der Waals surface area contributed by atoms with Gasteiger partial charge in [-0.2, -0.15) is 5.10 Å². The highest BCUT2D eigenvalue weighted by Gasteiger charge is 2.12. The van der Waals surface area contributed by atoms with E-state index < -0.39 is 0 Å². The number of aryl methyl sites for hydroxylation is 1. The third-order valence-corrected chi connectivity index (χ3v) is 5.79. The summed E-state index contributed by atoms with van der Waals surface area (Å²) in [5, 5.41) is 18.7. The van der Waals surface area contributed by atoms with Crippen LogP contribution in [0.15, 0.2) is 59.4 Å². The minimum absolute atomic E-state index is 0.0512. The Morgan fingerprint density at radius 2 is 1.79 bits per heavy atom. The molecule has 176 valence electrons. The van der Waals surface area contributed by atoms with Gasteiger partial charge in [0, 0.05) is 12.1 Å². The summed E-state index contributed by atoms with van der Waals surface area (Å²) < 4.78 is 3.38. The number of hydrogen-bond acceptors (Lipinski definition) is 5. The molecule has 0 aliphatic heterocycles. The topological polar surface area (TPSA) is 94.3 Å². The van der Waals surface area contributed by atoms with Crippen molar-refractivity contribution in [3.63, 3.8) is 0 Å². The van der Waals surface area contributed by atoms with Gasteiger partial charge in [0.15, 0.2) is 11.6 Å². The zero-order valence-corrected chi connectivity index (χ0v) is 19.8. The molecule has 2 aromatic heterocycles. The molecule has 0 fully saturated rings. The lowest BCUT2D eigenvalue weighted by Gasteiger charge is -2.07. The van der Waals surface area contributed by atoms with E-state index in [-0.39, 0.29) is 5.69 Å². The maximum Gasteiger partial charge on any atom is 0.346 e. The number of benzene rings is 2. The first-order chi connectivity index (χ1) is 16.7. The summed E-state index contributed by atoms with van der Waals surface area (Å²) in [6, 6.07) is 16.4. The van der Waals surface area contributed by atoms with Crippen molar-refractivity contribution < 1.29 is 0 Å². The Labute approximate surface area is 199 Å². The highest BCUT2D eigenvalue weighted by atomic mass is 16.2. The molecular formula is C26H31N7O. The molecule has 8 heteroatoms. The van der Waals surface area contributed by atoms with Crippen molar-refractivity contribution in [1.29, 1.82) is 0 Å². The fourth-order valence-corrected chi connectivity index (χ4v) is 3.90. The summed E-state index contributed by atoms with van der Waals surface area (Å²) >= 11 is 0. The third kappa shape index (κ3) is 5.57. The summed E-state index contributed by atoms with van der Waals surface area (Å²) in [4.78, 5) is 13.1. The number of tetrazole rings is 1. The van der Waals surface area contributed by atoms with Crippen molar-refractivity contribution in [2.24, 2.45) is 0 Å². The molecule has 2 aromatic carbocycles. The first kappa shape index (κ1) is 23.4. The van der Waals surface area contributed by atoms with Gasteiger partial charge in [-0.3, -0.25) is 4.57 Å². The van der Waals surface area contributed by atoms with Crippen molar-refractivity contribution in [2.75, 3.05) is 0 Å². The number of allylic oxidation sites excluding steroid dienone is 1. The average Bonchev–Trinajstić information content (AvgIpc) is 3.51. The van der Waals surface area contributed by atoms with Gasteiger partial charge in [0.25, 0.3) is 0 Å². The van der Waals surface area contributed by atoms with E-state index in [1.807, 2.05) is 24.3 Å². The zero-order chi connectivity index (χ0) is 23.8. The quantitative estimate of drug-likeness (QED) is 0.322. The van der Waals surface area contributed by atoms with Gasteiger partial charge >= 0.3 is 5.69 Å². The Hall–Kier alpha value is -3.81. The van der Waals surface area contributed by atoms with Crippen LogP contribution in [0.2, 0.25) is 0 Å². The van der Waals surface area contributed by atoms with E-state index in [0.717, 1.165) is 41.5 Å². The summed E-state index contributed by atoms with van der Waals surface area (Å²) in [5.74, 6) is 1.34. The van der Waals surface area contributed by atoms with E-state index in [4.69, 9.17) is 0 Å². The molecule has 8 nitrogen and oxygen atoms in total. The number of aromatic amines is 1. The number of hydrogen-bond donors (Lipinski definition) is 1. The molecular weight excluding hydrogens is 426 g/mol. The predicted octanol–water partition coefficient (Wildman–Crippen LogP) is 4.94. The minimum atomic E-state index is -0.0512. The normalized spacial score (nSPS) is 11.5. The van der Waals surface area contributed by atoms with Crippen LogP contribution in [0.4, 0.5) is 0 Å². The van der Waals surface area contributed by atoms with E-state index in [9.17, 15) is 4.79 Å². The molecule has 0 spiro atoms. The second-order valence-corrected chi connectivity index (χ2v) is 8.35. The van der Waals surface area contributed by atoms with Crippen LogP contribution in [-0.4, -0.2) is 35.0 Å². The minimum Gasteiger partial charge on any atom is -0.271 e. The summed E-state index contributed by atoms with van der Waals surface area (Å²) in [7, 11) is 0. The number of rotatable bonds is 11. The molecule has 0 unspecified atom stereocenters. The first-order valence-electron chi connectivity index (χ1n) is 12.0. The molecule has 0 amide bonds. The molecule has 34 heavy (non-hydrogen) atoms. The molecule has 0 atom stereocenters. The molecule has 4 rings (SSSR count). The van der Waals surface area contributed by atoms with Crippen LogP contribution in [-0.2, 0) is 13.1 Å². The van der Waals surface area contributed by atoms with E-state index in [0.29, 0.717) is 24.7 Å². The van der Waals surface area contributed by atoms with Crippen molar-refractivity contribution >= 4 is 6.08 Å². The first-order valence-corrected chi connectivity index (χ1v) is 12.0. The molecule has 0 saturated heterocycles. The van der Waals surface area contributed by atoms with E-state index in [1.165, 1.54) is 12.8 Å². The van der Waals surface area contributed by atoms with Crippen molar-refractivity contribution in [3.05, 3.63) is 76.5 Å². The number of aromatic nitrogens is 7. The zero-order valence-electron chi connectivity index (χ0n) is 19.8. The van der Waals surface area contributed by atoms with Gasteiger partial charge in [-0.25, -0.2) is 14.6 Å². The highest BCUT2D eigenvalue weighted by Crippen LogP contribution is 2.24. The van der Waals surface area contributed by atoms with Crippen LogP contribution in [0.25, 0.3) is 28.6 Å². The molecule has 1 N–H and O–H groups in total. The number of nitrogens with one attached hydrogen (secondary N) is 1. The van der Waals surface area contributed by atoms with Crippen LogP contribution in [0, 0.1) is 0 Å². The molecule has 0 aliphatic rings. The second-order valence-electron chi connectivity index (χ2n) is 8.35. The van der Waals surface area contributed by atoms with Gasteiger partial charge in [0.1, 0.15) is 0 Å². The smallest absolute Gasteiger partial charge is 0.271 e. The second kappa shape index (κ2) is 11.4. The van der Waals surface area contributed by atoms with Crippen LogP contribution in [0.1, 0.15) is 57.3 Å². The van der Waals surface area contributed by atoms with Crippen LogP contribution < -0.4 is 5.69 Å². The lowest BCUT2D eigenvalue weighted by molar-refractivity contribution is 0.521. The molecule has 4 aromatic rings. The lowest BCUT2D eigenvalue weighted by Crippen LogP contribution is -2.25. The summed E-state index contributed by atoms with van der Waals surface area (Å²) in [5.41, 5.74) is 4.09. The monoisotopic (exact) mass is 457 g/mol. The largest absolute Gasteiger partial charge is 0.346 e. The van der Waals surface area contributed by atoms with Crippen molar-refractivity contribution in [2.45, 2.75) is 59.0 Å². The highest BCUT2D eigenvalue weighted by molar-refractivity contribution is 5.70. The van der Waals surface area contributed by atoms with Gasteiger partial charge < -0.3 is 0 Å². The Balaban J connectivity index is 1.54. The molecule has 2 heterocycles. The number of nitrogens with zero attached hydrogens (tertiary/aromatic N) is 6. The van der Waals surface area contributed by atoms with Crippen LogP contribution >= 0.6 is 0 Å². The predicted molar refractivity (Wildman–Crippen MR) is 134 cm³/mol. The van der Waals surface area contributed by atoms with Crippen LogP contribution in [0.5, 0.6) is 0 Å². The van der Waals surface area contributed by atoms with Gasteiger partial charge in [0.2, 0.25) is 0 Å². The fourth-order valence-electron chi connectivity index (χ4n) is 3.90. The van der Waals surface area contributed by atoms with Gasteiger partial charge in [-0.15, -0.1) is 5.10 Å². The maximum absolute atomic E-state index is 13.1. The third-order valence-electron chi connectivity index (χ3n) is 5.79. The molecule has 0 radical (unpaired) electrons. The van der Waals surface area contributed by atoms with Crippen LogP contribution in [0.3, 0.4) is 0 Å². The molecule has 0 saturated carbocycles. The fraction of sp³-hybridized carbons (Fsp3) is 0.346. The van der Waals surface area contributed by atoms with E-state index in [2.05, 4.69) is 76.0 Å². The van der Waals surface area contributed by atoms with Gasteiger partial charge in [-0.1, -0.05) is 81.7 Å². The summed E-state index contributed by atoms with van der Waals surface area (Å²) in [6.07, 6.45) is 9.33. The Morgan fingerprint density at radius 3 is 2.53 bits per heavy atom. The Bertz CT molecular complexity index is 1270. The average molecular weight is 458 g/mol. The van der Waals surface area contributed by atoms with E-state index >= 15 is 0 Å². The SMILES string of the molecule is CC/C=C/c1nn(CCCCCC)c(=O)n1Cc1ccc(-c2cccc(-c3nnn[nH]3)c2)cc1. The number of unbranched alkanes of at least 4 members (excludes halogenated alkanes) is 3. The van der Waals surface area contributed by atoms with Crippen molar-refractivity contribution in [1.82, 2.24) is 35.0 Å². The Kier molecular flexibility index (Phi) is 7.80. The molecule has 0 aliphatic carbocycles. The standard InChI is InChI=1S/C26H31N7O/c1-3-5-7-8-17-33-26(34)32(24(29-33)12-6-4-2)19-20-13-15-21(16-14-20)22-10-9-11-23(18-22)25-27-30-31-28-25/h6,9-16,18H,3-5,7-8,17,19H2,1-2H3,(H,27,28,30,31)/b12-6+. The molecule has 0 bridgehead atoms. The van der Waals surface area contributed by atoms with Crippen molar-refractivity contribution in [3.8, 4) is 22.5 Å². The lowest BCUT2D eigenvalue weighted by atomic mass is 10.0. The Morgan fingerprint density at radius 1 is 0.971 bits per heavy atom. The summed E-state index contributed by atoms with van der Waals surface area (Å²) in [6.45, 7) is 5.41. The number of H-pyrrole nitrogens is 1. The van der Waals surface area contributed by atoms with Gasteiger partial charge in [0.05, 0.1) is 6.54 Å². The maximum atomic E-state index is 13.1. The van der Waals surface area contributed by atoms with Gasteiger partial charge in [-0.05, 0) is 52.1 Å². The van der Waals surface area contributed by atoms with E-state index in [1.54, 1.807) is 9.25 Å².